The quantitative estimate of drug-likeness (QED) is 0.189. The van der Waals surface area contributed by atoms with Crippen molar-refractivity contribution in [2.45, 2.75) is 44.4 Å². The van der Waals surface area contributed by atoms with Gasteiger partial charge in [-0.15, -0.1) is 0 Å². The van der Waals surface area contributed by atoms with Crippen LogP contribution in [0.25, 0.3) is 5.69 Å². The van der Waals surface area contributed by atoms with Gasteiger partial charge in [0.25, 0.3) is 0 Å². The van der Waals surface area contributed by atoms with Crippen LogP contribution in [0.15, 0.2) is 90.5 Å². The van der Waals surface area contributed by atoms with Gasteiger partial charge in [-0.25, -0.2) is 32.5 Å². The number of aromatic nitrogens is 6. The Morgan fingerprint density at radius 2 is 1.63 bits per heavy atom. The molecular formula is C37H42F2N8O4. The van der Waals surface area contributed by atoms with E-state index in [1.54, 1.807) is 21.9 Å². The maximum atomic E-state index is 15.0. The summed E-state index contributed by atoms with van der Waals surface area (Å²) in [6.07, 6.45) is 6.21. The molecule has 1 N–H and O–H groups in total. The average molecular weight is 701 g/mol. The first kappa shape index (κ1) is 34.4. The number of ether oxygens (including phenoxy) is 2. The van der Waals surface area contributed by atoms with Gasteiger partial charge in [0.05, 0.1) is 31.5 Å². The fourth-order valence-electron chi connectivity index (χ4n) is 7.19. The standard InChI is InChI=1S/C37H42F2N8O4/c1-2-29(13-18-48)47-36(49)46(26-42-47)32-6-4-30(5-7-32)43-14-16-44(17-15-43)31-8-10-33(11-9-31)50-21-27-20-37(51-22-27,23-45-25-40-24-41-45)34-12-3-28(38)19-35(34)39/h3-12,19,24-27,29,48H,2,13-18,20-23H2,1H3/t27-,29-,37+/m1/s1. The van der Waals surface area contributed by atoms with Crippen LogP contribution in [-0.4, -0.2) is 80.2 Å². The van der Waals surface area contributed by atoms with Crippen molar-refractivity contribution in [1.29, 1.82) is 0 Å². The molecule has 51 heavy (non-hydrogen) atoms. The Bertz CT molecular complexity index is 1940. The molecule has 0 radical (unpaired) electrons. The van der Waals surface area contributed by atoms with Crippen LogP contribution in [0.2, 0.25) is 0 Å². The van der Waals surface area contributed by atoms with Gasteiger partial charge < -0.3 is 24.4 Å². The number of halogens is 2. The van der Waals surface area contributed by atoms with E-state index >= 15 is 0 Å². The molecular weight excluding hydrogens is 658 g/mol. The van der Waals surface area contributed by atoms with Crippen molar-refractivity contribution < 1.29 is 23.4 Å². The molecule has 2 aromatic heterocycles. The molecule has 0 saturated carbocycles. The molecule has 0 spiro atoms. The molecule has 3 atom stereocenters. The minimum absolute atomic E-state index is 0.0104. The number of aliphatic hydroxyl groups is 1. The zero-order chi connectivity index (χ0) is 35.4. The third-order valence-corrected chi connectivity index (χ3v) is 9.95. The van der Waals surface area contributed by atoms with E-state index < -0.39 is 17.2 Å². The maximum Gasteiger partial charge on any atom is 0.350 e. The Labute approximate surface area is 294 Å². The minimum atomic E-state index is -1.02. The van der Waals surface area contributed by atoms with E-state index in [1.807, 2.05) is 43.3 Å². The van der Waals surface area contributed by atoms with Gasteiger partial charge in [0.1, 0.15) is 42.0 Å². The predicted molar refractivity (Wildman–Crippen MR) is 187 cm³/mol. The van der Waals surface area contributed by atoms with Gasteiger partial charge in [-0.1, -0.05) is 13.0 Å². The van der Waals surface area contributed by atoms with E-state index in [0.717, 1.165) is 61.5 Å². The average Bonchev–Trinajstić information content (AvgIpc) is 3.91. The Morgan fingerprint density at radius 3 is 2.25 bits per heavy atom. The molecule has 0 unspecified atom stereocenters. The van der Waals surface area contributed by atoms with Crippen LogP contribution in [0.4, 0.5) is 20.2 Å². The van der Waals surface area contributed by atoms with Gasteiger partial charge in [-0.05, 0) is 73.9 Å². The molecule has 12 nitrogen and oxygen atoms in total. The molecule has 2 aliphatic heterocycles. The monoisotopic (exact) mass is 700 g/mol. The zero-order valence-corrected chi connectivity index (χ0v) is 28.5. The van der Waals surface area contributed by atoms with Crippen molar-refractivity contribution in [3.8, 4) is 11.4 Å². The van der Waals surface area contributed by atoms with Crippen LogP contribution in [0.3, 0.4) is 0 Å². The maximum absolute atomic E-state index is 15.0. The summed E-state index contributed by atoms with van der Waals surface area (Å²) in [4.78, 5) is 21.7. The first-order valence-electron chi connectivity index (χ1n) is 17.4. The summed E-state index contributed by atoms with van der Waals surface area (Å²) < 4.78 is 45.7. The molecule has 2 aliphatic rings. The van der Waals surface area contributed by atoms with E-state index in [-0.39, 0.29) is 30.8 Å². The molecule has 7 rings (SSSR count). The van der Waals surface area contributed by atoms with E-state index in [4.69, 9.17) is 9.47 Å². The third-order valence-electron chi connectivity index (χ3n) is 9.95. The highest BCUT2D eigenvalue weighted by Gasteiger charge is 2.44. The van der Waals surface area contributed by atoms with Crippen LogP contribution in [0.1, 0.15) is 37.8 Å². The lowest BCUT2D eigenvalue weighted by Gasteiger charge is -2.37. The fourth-order valence-corrected chi connectivity index (χ4v) is 7.19. The lowest BCUT2D eigenvalue weighted by Crippen LogP contribution is -2.46. The molecule has 2 saturated heterocycles. The van der Waals surface area contributed by atoms with Crippen molar-refractivity contribution in [3.63, 3.8) is 0 Å². The summed E-state index contributed by atoms with van der Waals surface area (Å²) in [5, 5.41) is 17.8. The van der Waals surface area contributed by atoms with Crippen molar-refractivity contribution in [2.24, 2.45) is 5.92 Å². The van der Waals surface area contributed by atoms with Gasteiger partial charge in [0, 0.05) is 61.7 Å². The summed E-state index contributed by atoms with van der Waals surface area (Å²) in [6, 6.07) is 19.5. The molecule has 0 bridgehead atoms. The Morgan fingerprint density at radius 1 is 0.941 bits per heavy atom. The molecule has 2 fully saturated rings. The molecule has 268 valence electrons. The molecule has 0 aliphatic carbocycles. The van der Waals surface area contributed by atoms with Gasteiger partial charge in [-0.2, -0.15) is 10.2 Å². The number of hydrogen-bond donors (Lipinski definition) is 1. The lowest BCUT2D eigenvalue weighted by atomic mass is 9.87. The number of aliphatic hydroxyl groups excluding tert-OH is 1. The molecule has 3 aromatic carbocycles. The molecule has 14 heteroatoms. The van der Waals surface area contributed by atoms with Crippen LogP contribution in [-0.2, 0) is 16.9 Å². The van der Waals surface area contributed by atoms with Gasteiger partial charge in [0.2, 0.25) is 0 Å². The molecule has 0 amide bonds. The predicted octanol–water partition coefficient (Wildman–Crippen LogP) is 4.57. The van der Waals surface area contributed by atoms with Crippen molar-refractivity contribution in [3.05, 3.63) is 113 Å². The number of piperazine rings is 1. The topological polar surface area (TPSA) is 116 Å². The van der Waals surface area contributed by atoms with Gasteiger partial charge >= 0.3 is 5.69 Å². The molecule has 4 heterocycles. The number of nitrogens with zero attached hydrogens (tertiary/aromatic N) is 8. The normalized spacial score (nSPS) is 19.8. The van der Waals surface area contributed by atoms with Gasteiger partial charge in [-0.3, -0.25) is 0 Å². The highest BCUT2D eigenvalue weighted by molar-refractivity contribution is 5.54. The number of hydrogen-bond acceptors (Lipinski definition) is 9. The largest absolute Gasteiger partial charge is 0.493 e. The summed E-state index contributed by atoms with van der Waals surface area (Å²) in [5.74, 6) is -0.557. The van der Waals surface area contributed by atoms with Gasteiger partial charge in [0.15, 0.2) is 0 Å². The van der Waals surface area contributed by atoms with Crippen LogP contribution >= 0.6 is 0 Å². The van der Waals surface area contributed by atoms with E-state index in [9.17, 15) is 18.7 Å². The summed E-state index contributed by atoms with van der Waals surface area (Å²) >= 11 is 0. The number of benzene rings is 3. The van der Waals surface area contributed by atoms with Crippen molar-refractivity contribution in [1.82, 2.24) is 29.1 Å². The Kier molecular flexibility index (Phi) is 10.1. The van der Waals surface area contributed by atoms with E-state index in [2.05, 4.69) is 37.1 Å². The zero-order valence-electron chi connectivity index (χ0n) is 28.5. The van der Waals surface area contributed by atoms with E-state index in [1.165, 1.54) is 23.1 Å². The summed E-state index contributed by atoms with van der Waals surface area (Å²) in [7, 11) is 0. The van der Waals surface area contributed by atoms with Crippen LogP contribution in [0.5, 0.6) is 5.75 Å². The SMILES string of the molecule is CC[C@H](CCO)n1ncn(-c2ccc(N3CCN(c4ccc(OC[C@@H]5CO[C@@](Cn6cncn6)(c6ccc(F)cc6F)C5)cc4)CC3)cc2)c1=O. The second kappa shape index (κ2) is 15.0. The first-order valence-corrected chi connectivity index (χ1v) is 17.4. The summed E-state index contributed by atoms with van der Waals surface area (Å²) in [5.41, 5.74) is 2.03. The van der Waals surface area contributed by atoms with Crippen molar-refractivity contribution in [2.75, 3.05) is 55.8 Å². The van der Waals surface area contributed by atoms with Crippen LogP contribution in [0, 0.1) is 17.6 Å². The van der Waals surface area contributed by atoms with Crippen LogP contribution < -0.4 is 20.2 Å². The third kappa shape index (κ3) is 7.38. The first-order chi connectivity index (χ1) is 24.9. The number of anilines is 2. The fraction of sp³-hybridized carbons (Fsp3) is 0.405. The Balaban J connectivity index is 0.920. The second-order valence-electron chi connectivity index (χ2n) is 13.2. The highest BCUT2D eigenvalue weighted by Crippen LogP contribution is 2.42. The second-order valence-corrected chi connectivity index (χ2v) is 13.2. The summed E-state index contributed by atoms with van der Waals surface area (Å²) in [6.45, 7) is 6.40. The minimum Gasteiger partial charge on any atom is -0.493 e. The Hall–Kier alpha value is -5.08. The lowest BCUT2D eigenvalue weighted by molar-refractivity contribution is -0.0206. The molecule has 5 aromatic rings. The van der Waals surface area contributed by atoms with E-state index in [0.29, 0.717) is 31.6 Å². The smallest absolute Gasteiger partial charge is 0.350 e. The highest BCUT2D eigenvalue weighted by atomic mass is 19.1. The number of rotatable bonds is 13. The van der Waals surface area contributed by atoms with Crippen molar-refractivity contribution >= 4 is 11.4 Å².